The van der Waals surface area contributed by atoms with E-state index in [1.807, 2.05) is 29.1 Å². The van der Waals surface area contributed by atoms with Crippen molar-refractivity contribution in [3.63, 3.8) is 0 Å². The molecule has 3 rings (SSSR count). The highest BCUT2D eigenvalue weighted by molar-refractivity contribution is 14.0. The summed E-state index contributed by atoms with van der Waals surface area (Å²) in [5.74, 6) is 1.61. The molecule has 0 fully saturated rings. The molecule has 7 nitrogen and oxygen atoms in total. The lowest BCUT2D eigenvalue weighted by atomic mass is 10.1. The minimum atomic E-state index is 0. The summed E-state index contributed by atoms with van der Waals surface area (Å²) in [6, 6.07) is 6.20. The maximum atomic E-state index is 5.92. The molecule has 0 aliphatic carbocycles. The zero-order chi connectivity index (χ0) is 20.5. The van der Waals surface area contributed by atoms with Crippen LogP contribution in [0.4, 0.5) is 0 Å². The number of benzene rings is 1. The predicted octanol–water partition coefficient (Wildman–Crippen LogP) is 3.99. The summed E-state index contributed by atoms with van der Waals surface area (Å²) in [5.41, 5.74) is 3.19. The third-order valence-corrected chi connectivity index (χ3v) is 5.01. The molecule has 0 amide bonds. The molecule has 3 aromatic rings. The molecule has 0 spiro atoms. The molecule has 1 aromatic carbocycles. The molecule has 164 valence electrons. The van der Waals surface area contributed by atoms with Crippen LogP contribution in [0, 0.1) is 6.92 Å². The van der Waals surface area contributed by atoms with Gasteiger partial charge in [-0.25, -0.2) is 9.98 Å². The first-order chi connectivity index (χ1) is 14.2. The molecule has 2 heterocycles. The van der Waals surface area contributed by atoms with Gasteiger partial charge < -0.3 is 20.1 Å². The summed E-state index contributed by atoms with van der Waals surface area (Å²) in [6.07, 6.45) is 4.05. The number of imidazole rings is 1. The number of aromatic nitrogens is 2. The van der Waals surface area contributed by atoms with E-state index in [9.17, 15) is 0 Å². The van der Waals surface area contributed by atoms with E-state index >= 15 is 0 Å². The van der Waals surface area contributed by atoms with Crippen molar-refractivity contribution >= 4 is 46.2 Å². The van der Waals surface area contributed by atoms with E-state index in [4.69, 9.17) is 14.5 Å². The molecular formula is C21H30IN5O2S. The number of thiazole rings is 1. The van der Waals surface area contributed by atoms with Gasteiger partial charge in [-0.1, -0.05) is 12.1 Å². The number of guanidine groups is 1. The highest BCUT2D eigenvalue weighted by Crippen LogP contribution is 2.21. The number of aryl methyl sites for hydroxylation is 1. The van der Waals surface area contributed by atoms with E-state index in [-0.39, 0.29) is 24.0 Å². The second-order valence-corrected chi connectivity index (χ2v) is 7.40. The first-order valence-electron chi connectivity index (χ1n) is 9.93. The largest absolute Gasteiger partial charge is 0.491 e. The maximum Gasteiger partial charge on any atom is 0.193 e. The van der Waals surface area contributed by atoms with Gasteiger partial charge in [0, 0.05) is 36.5 Å². The smallest absolute Gasteiger partial charge is 0.193 e. The Balaban J connectivity index is 0.00000320. The fourth-order valence-electron chi connectivity index (χ4n) is 2.82. The Labute approximate surface area is 198 Å². The van der Waals surface area contributed by atoms with Crippen LogP contribution in [0.25, 0.3) is 4.96 Å². The summed E-state index contributed by atoms with van der Waals surface area (Å²) in [6.45, 7) is 9.83. The lowest BCUT2D eigenvalue weighted by Gasteiger charge is -2.13. The van der Waals surface area contributed by atoms with Gasteiger partial charge in [-0.05, 0) is 32.4 Å². The van der Waals surface area contributed by atoms with Gasteiger partial charge in [-0.2, -0.15) is 0 Å². The first-order valence-corrected chi connectivity index (χ1v) is 10.8. The number of hydrogen-bond donors (Lipinski definition) is 2. The van der Waals surface area contributed by atoms with E-state index < -0.39 is 0 Å². The second-order valence-electron chi connectivity index (χ2n) is 6.53. The second kappa shape index (κ2) is 12.8. The van der Waals surface area contributed by atoms with Crippen molar-refractivity contribution in [2.24, 2.45) is 4.99 Å². The van der Waals surface area contributed by atoms with Crippen molar-refractivity contribution < 1.29 is 9.47 Å². The average molecular weight is 543 g/mol. The summed E-state index contributed by atoms with van der Waals surface area (Å²) < 4.78 is 13.3. The molecule has 0 atom stereocenters. The number of rotatable bonds is 10. The SMILES string of the molecule is CCNC(=NCc1ccc(C)cc1OCCOCC)NCc1cn2ccsc2n1.I. The number of fused-ring (bicyclic) bond motifs is 1. The monoisotopic (exact) mass is 543 g/mol. The van der Waals surface area contributed by atoms with Crippen LogP contribution in [-0.2, 0) is 17.8 Å². The fourth-order valence-corrected chi connectivity index (χ4v) is 3.54. The van der Waals surface area contributed by atoms with Crippen LogP contribution < -0.4 is 15.4 Å². The van der Waals surface area contributed by atoms with Crippen LogP contribution in [0.5, 0.6) is 5.75 Å². The Hall–Kier alpha value is -1.85. The Morgan fingerprint density at radius 2 is 2.10 bits per heavy atom. The van der Waals surface area contributed by atoms with Gasteiger partial charge in [0.1, 0.15) is 12.4 Å². The molecule has 2 N–H and O–H groups in total. The summed E-state index contributed by atoms with van der Waals surface area (Å²) in [5, 5.41) is 8.67. The van der Waals surface area contributed by atoms with Crippen molar-refractivity contribution in [3.05, 3.63) is 52.8 Å². The standard InChI is InChI=1S/C21H29N5O2S.HI/c1-4-22-20(24-14-18-15-26-8-11-29-21(26)25-18)23-13-17-7-6-16(3)12-19(17)28-10-9-27-5-2;/h6-8,11-12,15H,4-5,9-10,13-14H2,1-3H3,(H2,22,23,24);1H. The number of halogens is 1. The van der Waals surface area contributed by atoms with Gasteiger partial charge in [0.2, 0.25) is 0 Å². The van der Waals surface area contributed by atoms with Crippen molar-refractivity contribution in [1.82, 2.24) is 20.0 Å². The summed E-state index contributed by atoms with van der Waals surface area (Å²) >= 11 is 1.63. The van der Waals surface area contributed by atoms with Crippen molar-refractivity contribution in [2.45, 2.75) is 33.9 Å². The topological polar surface area (TPSA) is 72.2 Å². The van der Waals surface area contributed by atoms with Crippen LogP contribution in [0.3, 0.4) is 0 Å². The zero-order valence-corrected chi connectivity index (χ0v) is 20.8. The van der Waals surface area contributed by atoms with Crippen LogP contribution in [0.15, 0.2) is 41.0 Å². The molecule has 0 bridgehead atoms. The molecule has 30 heavy (non-hydrogen) atoms. The number of nitrogens with one attached hydrogen (secondary N) is 2. The van der Waals surface area contributed by atoms with Gasteiger partial charge in [0.25, 0.3) is 0 Å². The summed E-state index contributed by atoms with van der Waals surface area (Å²) in [7, 11) is 0. The van der Waals surface area contributed by atoms with Gasteiger partial charge >= 0.3 is 0 Å². The Morgan fingerprint density at radius 1 is 1.23 bits per heavy atom. The first kappa shape index (κ1) is 24.4. The molecule has 0 saturated heterocycles. The lowest BCUT2D eigenvalue weighted by molar-refractivity contribution is 0.110. The van der Waals surface area contributed by atoms with Gasteiger partial charge in [-0.3, -0.25) is 4.40 Å². The van der Waals surface area contributed by atoms with E-state index in [0.717, 1.165) is 40.0 Å². The normalized spacial score (nSPS) is 11.4. The van der Waals surface area contributed by atoms with Crippen molar-refractivity contribution in [2.75, 3.05) is 26.4 Å². The number of aliphatic imine (C=N–C) groups is 1. The lowest BCUT2D eigenvalue weighted by Crippen LogP contribution is -2.36. The third kappa shape index (κ3) is 7.13. The highest BCUT2D eigenvalue weighted by atomic mass is 127. The van der Waals surface area contributed by atoms with E-state index in [2.05, 4.69) is 47.7 Å². The number of ether oxygens (including phenoxy) is 2. The Kier molecular flexibility index (Phi) is 10.4. The van der Waals surface area contributed by atoms with E-state index in [1.165, 1.54) is 0 Å². The van der Waals surface area contributed by atoms with E-state index in [1.54, 1.807) is 11.3 Å². The van der Waals surface area contributed by atoms with Crippen LogP contribution >= 0.6 is 35.3 Å². The minimum Gasteiger partial charge on any atom is -0.491 e. The highest BCUT2D eigenvalue weighted by Gasteiger charge is 2.07. The van der Waals surface area contributed by atoms with Crippen LogP contribution in [0.2, 0.25) is 0 Å². The quantitative estimate of drug-likeness (QED) is 0.175. The molecular weight excluding hydrogens is 513 g/mol. The number of nitrogens with zero attached hydrogens (tertiary/aromatic N) is 3. The van der Waals surface area contributed by atoms with Crippen molar-refractivity contribution in [3.8, 4) is 5.75 Å². The molecule has 2 aromatic heterocycles. The Morgan fingerprint density at radius 3 is 2.87 bits per heavy atom. The van der Waals surface area contributed by atoms with Crippen molar-refractivity contribution in [1.29, 1.82) is 0 Å². The maximum absolute atomic E-state index is 5.92. The molecule has 0 aliphatic rings. The van der Waals surface area contributed by atoms with Gasteiger partial charge in [0.05, 0.1) is 25.4 Å². The van der Waals surface area contributed by atoms with E-state index in [0.29, 0.717) is 32.9 Å². The van der Waals surface area contributed by atoms with Crippen LogP contribution in [-0.4, -0.2) is 41.7 Å². The molecule has 0 radical (unpaired) electrons. The van der Waals surface area contributed by atoms with Gasteiger partial charge in [-0.15, -0.1) is 35.3 Å². The Bertz CT molecular complexity index is 912. The predicted molar refractivity (Wildman–Crippen MR) is 133 cm³/mol. The molecule has 0 aliphatic heterocycles. The minimum absolute atomic E-state index is 0. The summed E-state index contributed by atoms with van der Waals surface area (Å²) in [4.78, 5) is 10.3. The molecule has 0 saturated carbocycles. The third-order valence-electron chi connectivity index (χ3n) is 4.24. The molecule has 9 heteroatoms. The van der Waals surface area contributed by atoms with Gasteiger partial charge in [0.15, 0.2) is 10.9 Å². The fraction of sp³-hybridized carbons (Fsp3) is 0.429. The van der Waals surface area contributed by atoms with Crippen LogP contribution in [0.1, 0.15) is 30.7 Å². The zero-order valence-electron chi connectivity index (χ0n) is 17.7. The number of hydrogen-bond acceptors (Lipinski definition) is 5. The average Bonchev–Trinajstić information content (AvgIpc) is 3.30. The molecule has 0 unspecified atom stereocenters.